The van der Waals surface area contributed by atoms with Gasteiger partial charge in [0.25, 0.3) is 0 Å². The molecule has 90 valence electrons. The summed E-state index contributed by atoms with van der Waals surface area (Å²) in [6.07, 6.45) is 0.153. The monoisotopic (exact) mass is 349 g/mol. The SMILES string of the molecule is CC(C)NCC(C)Oc1ccc(Br)cc1Br. The highest BCUT2D eigenvalue weighted by Gasteiger charge is 2.07. The van der Waals surface area contributed by atoms with E-state index in [0.29, 0.717) is 6.04 Å². The van der Waals surface area contributed by atoms with E-state index in [1.807, 2.05) is 18.2 Å². The largest absolute Gasteiger partial charge is 0.488 e. The maximum atomic E-state index is 5.82. The van der Waals surface area contributed by atoms with Crippen molar-refractivity contribution in [1.29, 1.82) is 0 Å². The third-order valence-electron chi connectivity index (χ3n) is 2.04. The summed E-state index contributed by atoms with van der Waals surface area (Å²) >= 11 is 6.89. The van der Waals surface area contributed by atoms with Gasteiger partial charge in [0.05, 0.1) is 4.47 Å². The number of nitrogens with one attached hydrogen (secondary N) is 1. The van der Waals surface area contributed by atoms with E-state index < -0.39 is 0 Å². The molecule has 1 atom stereocenters. The molecule has 0 aliphatic carbocycles. The van der Waals surface area contributed by atoms with Gasteiger partial charge in [-0.1, -0.05) is 29.8 Å². The summed E-state index contributed by atoms with van der Waals surface area (Å²) in [7, 11) is 0. The van der Waals surface area contributed by atoms with Crippen molar-refractivity contribution < 1.29 is 4.74 Å². The summed E-state index contributed by atoms with van der Waals surface area (Å²) < 4.78 is 7.83. The quantitative estimate of drug-likeness (QED) is 0.867. The van der Waals surface area contributed by atoms with Crippen molar-refractivity contribution in [3.63, 3.8) is 0 Å². The highest BCUT2D eigenvalue weighted by molar-refractivity contribution is 9.11. The second-order valence-electron chi connectivity index (χ2n) is 4.07. The molecule has 2 nitrogen and oxygen atoms in total. The highest BCUT2D eigenvalue weighted by atomic mass is 79.9. The molecular weight excluding hydrogens is 334 g/mol. The molecule has 4 heteroatoms. The Morgan fingerprint density at radius 3 is 2.50 bits per heavy atom. The Hall–Kier alpha value is -0.0600. The van der Waals surface area contributed by atoms with E-state index in [9.17, 15) is 0 Å². The van der Waals surface area contributed by atoms with Crippen LogP contribution in [0.4, 0.5) is 0 Å². The zero-order valence-corrected chi connectivity index (χ0v) is 12.9. The van der Waals surface area contributed by atoms with Crippen LogP contribution in [0, 0.1) is 0 Å². The number of hydrogen-bond donors (Lipinski definition) is 1. The Morgan fingerprint density at radius 1 is 1.25 bits per heavy atom. The molecule has 1 aromatic rings. The first-order valence-corrected chi connectivity index (χ1v) is 6.92. The molecule has 0 fully saturated rings. The van der Waals surface area contributed by atoms with Gasteiger partial charge in [0.1, 0.15) is 11.9 Å². The number of benzene rings is 1. The molecule has 1 unspecified atom stereocenters. The van der Waals surface area contributed by atoms with Crippen LogP contribution in [-0.4, -0.2) is 18.7 Å². The van der Waals surface area contributed by atoms with Crippen LogP contribution in [-0.2, 0) is 0 Å². The van der Waals surface area contributed by atoms with E-state index in [0.717, 1.165) is 21.2 Å². The summed E-state index contributed by atoms with van der Waals surface area (Å²) in [5, 5.41) is 3.35. The van der Waals surface area contributed by atoms with Gasteiger partial charge in [-0.2, -0.15) is 0 Å². The number of hydrogen-bond acceptors (Lipinski definition) is 2. The van der Waals surface area contributed by atoms with E-state index in [1.54, 1.807) is 0 Å². The molecule has 0 aliphatic heterocycles. The van der Waals surface area contributed by atoms with Gasteiger partial charge in [0.15, 0.2) is 0 Å². The zero-order valence-electron chi connectivity index (χ0n) is 9.76. The molecule has 1 aromatic carbocycles. The Balaban J connectivity index is 2.52. The molecule has 0 heterocycles. The van der Waals surface area contributed by atoms with Gasteiger partial charge in [0, 0.05) is 17.1 Å². The van der Waals surface area contributed by atoms with Gasteiger partial charge in [-0.3, -0.25) is 0 Å². The van der Waals surface area contributed by atoms with Gasteiger partial charge in [-0.05, 0) is 41.1 Å². The topological polar surface area (TPSA) is 21.3 Å². The summed E-state index contributed by atoms with van der Waals surface area (Å²) in [5.74, 6) is 0.876. The molecule has 0 aliphatic rings. The van der Waals surface area contributed by atoms with Crippen LogP contribution in [0.15, 0.2) is 27.1 Å². The Morgan fingerprint density at radius 2 is 1.94 bits per heavy atom. The van der Waals surface area contributed by atoms with Crippen LogP contribution >= 0.6 is 31.9 Å². The lowest BCUT2D eigenvalue weighted by Gasteiger charge is -2.18. The van der Waals surface area contributed by atoms with Crippen molar-refractivity contribution >= 4 is 31.9 Å². The van der Waals surface area contributed by atoms with Crippen molar-refractivity contribution in [2.75, 3.05) is 6.54 Å². The van der Waals surface area contributed by atoms with Gasteiger partial charge < -0.3 is 10.1 Å². The van der Waals surface area contributed by atoms with Crippen molar-refractivity contribution in [3.05, 3.63) is 27.1 Å². The highest BCUT2D eigenvalue weighted by Crippen LogP contribution is 2.28. The molecule has 0 saturated carbocycles. The third-order valence-corrected chi connectivity index (χ3v) is 3.15. The minimum atomic E-state index is 0.153. The van der Waals surface area contributed by atoms with Crippen LogP contribution in [0.3, 0.4) is 0 Å². The van der Waals surface area contributed by atoms with Gasteiger partial charge in [0.2, 0.25) is 0 Å². The minimum Gasteiger partial charge on any atom is -0.488 e. The standard InChI is InChI=1S/C12H17Br2NO/c1-8(2)15-7-9(3)16-12-5-4-10(13)6-11(12)14/h4-6,8-9,15H,7H2,1-3H3. The lowest BCUT2D eigenvalue weighted by atomic mass is 10.3. The first kappa shape index (κ1) is 14.0. The van der Waals surface area contributed by atoms with E-state index in [1.165, 1.54) is 0 Å². The fourth-order valence-electron chi connectivity index (χ4n) is 1.23. The minimum absolute atomic E-state index is 0.153. The molecule has 0 amide bonds. The average molecular weight is 351 g/mol. The van der Waals surface area contributed by atoms with Crippen molar-refractivity contribution in [3.8, 4) is 5.75 Å². The van der Waals surface area contributed by atoms with E-state index >= 15 is 0 Å². The van der Waals surface area contributed by atoms with E-state index in [-0.39, 0.29) is 6.10 Å². The fraction of sp³-hybridized carbons (Fsp3) is 0.500. The van der Waals surface area contributed by atoms with Crippen LogP contribution in [0.2, 0.25) is 0 Å². The van der Waals surface area contributed by atoms with Crippen molar-refractivity contribution in [2.24, 2.45) is 0 Å². The van der Waals surface area contributed by atoms with Crippen molar-refractivity contribution in [2.45, 2.75) is 32.9 Å². The Kier molecular flexibility index (Phi) is 5.79. The summed E-state index contributed by atoms with van der Waals surface area (Å²) in [4.78, 5) is 0. The van der Waals surface area contributed by atoms with Gasteiger partial charge in [-0.25, -0.2) is 0 Å². The Labute approximate surface area is 114 Å². The number of halogens is 2. The predicted molar refractivity (Wildman–Crippen MR) is 75.1 cm³/mol. The lowest BCUT2D eigenvalue weighted by Crippen LogP contribution is -2.33. The van der Waals surface area contributed by atoms with Crippen LogP contribution in [0.25, 0.3) is 0 Å². The summed E-state index contributed by atoms with van der Waals surface area (Å²) in [6, 6.07) is 6.40. The summed E-state index contributed by atoms with van der Waals surface area (Å²) in [5.41, 5.74) is 0. The maximum absolute atomic E-state index is 5.82. The van der Waals surface area contributed by atoms with Gasteiger partial charge in [-0.15, -0.1) is 0 Å². The third kappa shape index (κ3) is 4.85. The zero-order chi connectivity index (χ0) is 12.1. The molecule has 0 radical (unpaired) electrons. The second-order valence-corrected chi connectivity index (χ2v) is 5.84. The predicted octanol–water partition coefficient (Wildman–Crippen LogP) is 3.98. The van der Waals surface area contributed by atoms with E-state index in [2.05, 4.69) is 57.9 Å². The first-order chi connectivity index (χ1) is 7.49. The smallest absolute Gasteiger partial charge is 0.134 e. The average Bonchev–Trinajstić information content (AvgIpc) is 2.19. The maximum Gasteiger partial charge on any atom is 0.134 e. The summed E-state index contributed by atoms with van der Waals surface area (Å²) in [6.45, 7) is 7.16. The Bertz CT molecular complexity index is 342. The number of ether oxygens (including phenoxy) is 1. The molecule has 16 heavy (non-hydrogen) atoms. The van der Waals surface area contributed by atoms with Crippen LogP contribution < -0.4 is 10.1 Å². The van der Waals surface area contributed by atoms with Crippen molar-refractivity contribution in [1.82, 2.24) is 5.32 Å². The molecule has 1 rings (SSSR count). The number of rotatable bonds is 5. The van der Waals surface area contributed by atoms with Crippen LogP contribution in [0.5, 0.6) is 5.75 Å². The molecule has 0 bridgehead atoms. The molecule has 1 N–H and O–H groups in total. The molecular formula is C12H17Br2NO. The van der Waals surface area contributed by atoms with E-state index in [4.69, 9.17) is 4.74 Å². The molecule has 0 saturated heterocycles. The molecule has 0 aromatic heterocycles. The fourth-order valence-corrected chi connectivity index (χ4v) is 2.37. The normalized spacial score (nSPS) is 12.9. The van der Waals surface area contributed by atoms with Gasteiger partial charge >= 0.3 is 0 Å². The lowest BCUT2D eigenvalue weighted by molar-refractivity contribution is 0.212. The second kappa shape index (κ2) is 6.62. The molecule has 0 spiro atoms. The first-order valence-electron chi connectivity index (χ1n) is 5.34. The van der Waals surface area contributed by atoms with Crippen LogP contribution in [0.1, 0.15) is 20.8 Å².